The van der Waals surface area contributed by atoms with Gasteiger partial charge in [-0.15, -0.1) is 10.1 Å². The lowest BCUT2D eigenvalue weighted by molar-refractivity contribution is -0.201. The molecule has 2 fully saturated rings. The first kappa shape index (κ1) is 62.4. The number of aliphatic hydroxyl groups excluding tert-OH is 1. The number of imide groups is 2. The molecule has 6 amide bonds. The number of hydrogen-bond acceptors (Lipinski definition) is 18. The zero-order valence-electron chi connectivity index (χ0n) is 45.2. The second-order valence-electron chi connectivity index (χ2n) is 18.5. The van der Waals surface area contributed by atoms with Gasteiger partial charge in [-0.3, -0.25) is 33.6 Å². The van der Waals surface area contributed by atoms with Crippen molar-refractivity contribution < 1.29 is 77.0 Å². The van der Waals surface area contributed by atoms with E-state index in [0.29, 0.717) is 17.9 Å². The molecular formula is C58H68N6O16. The molecule has 22 nitrogen and oxygen atoms in total. The van der Waals surface area contributed by atoms with Crippen LogP contribution in [0.4, 0.5) is 4.79 Å². The number of hydrogen-bond donors (Lipinski definition) is 4. The Morgan fingerprint density at radius 3 is 1.35 bits per heavy atom. The van der Waals surface area contributed by atoms with Crippen LogP contribution >= 0.6 is 0 Å². The zero-order valence-corrected chi connectivity index (χ0v) is 45.2. The summed E-state index contributed by atoms with van der Waals surface area (Å²) >= 11 is 0. The maximum absolute atomic E-state index is 13.0. The number of Topliss-reactive ketones (excluding diaryl/α,β-unsaturated/α-hetero) is 2. The highest BCUT2D eigenvalue weighted by atomic mass is 16.7. The van der Waals surface area contributed by atoms with Gasteiger partial charge in [-0.1, -0.05) is 125 Å². The first-order chi connectivity index (χ1) is 38.5. The third-order valence-corrected chi connectivity index (χ3v) is 13.3. The van der Waals surface area contributed by atoms with Crippen LogP contribution in [0.5, 0.6) is 0 Å². The van der Waals surface area contributed by atoms with Crippen molar-refractivity contribution in [2.24, 2.45) is 23.3 Å². The molecule has 6 N–H and O–H groups in total. The Balaban J connectivity index is 0.000000274. The van der Waals surface area contributed by atoms with Crippen molar-refractivity contribution in [1.82, 2.24) is 20.3 Å². The summed E-state index contributed by atoms with van der Waals surface area (Å²) in [5, 5.41) is 11.7. The van der Waals surface area contributed by atoms with Crippen molar-refractivity contribution in [1.29, 1.82) is 0 Å². The molecule has 22 heteroatoms. The monoisotopic (exact) mass is 1100 g/mol. The van der Waals surface area contributed by atoms with Crippen molar-refractivity contribution in [3.8, 4) is 22.3 Å². The molecule has 2 saturated heterocycles. The summed E-state index contributed by atoms with van der Waals surface area (Å²) in [5.74, 6) is -7.34. The number of rotatable bonds is 21. The molecule has 80 heavy (non-hydrogen) atoms. The summed E-state index contributed by atoms with van der Waals surface area (Å²) in [6, 6.07) is 31.9. The second-order valence-corrected chi connectivity index (χ2v) is 18.5. The molecule has 4 aromatic rings. The van der Waals surface area contributed by atoms with E-state index in [1.807, 2.05) is 86.6 Å². The van der Waals surface area contributed by atoms with Crippen LogP contribution in [0.25, 0.3) is 22.3 Å². The molecule has 0 radical (unpaired) electrons. The summed E-state index contributed by atoms with van der Waals surface area (Å²) in [7, 11) is 0. The quantitative estimate of drug-likeness (QED) is 0.0663. The largest absolute Gasteiger partial charge is 0.463 e. The molecule has 2 unspecified atom stereocenters. The predicted molar refractivity (Wildman–Crippen MR) is 287 cm³/mol. The first-order valence-electron chi connectivity index (χ1n) is 26.4. The molecule has 0 spiro atoms. The summed E-state index contributed by atoms with van der Waals surface area (Å²) in [4.78, 5) is 142. The summed E-state index contributed by atoms with van der Waals surface area (Å²) < 4.78 is 10.5. The number of nitrogens with two attached hydrogens (primary N) is 2. The van der Waals surface area contributed by atoms with Gasteiger partial charge in [0.25, 0.3) is 23.6 Å². The van der Waals surface area contributed by atoms with Crippen LogP contribution in [0.1, 0.15) is 107 Å². The average molecular weight is 1110 g/mol. The van der Waals surface area contributed by atoms with E-state index in [9.17, 15) is 52.7 Å². The fourth-order valence-electron chi connectivity index (χ4n) is 9.05. The van der Waals surface area contributed by atoms with E-state index in [0.717, 1.165) is 22.3 Å². The van der Waals surface area contributed by atoms with Gasteiger partial charge in [0.2, 0.25) is 5.91 Å². The number of nitrogens with one attached hydrogen (secondary N) is 1. The minimum atomic E-state index is -1.21. The number of amides is 6. The van der Waals surface area contributed by atoms with Crippen LogP contribution in [-0.2, 0) is 67.1 Å². The zero-order chi connectivity index (χ0) is 58.5. The molecule has 2 aliphatic heterocycles. The van der Waals surface area contributed by atoms with E-state index in [-0.39, 0.29) is 104 Å². The third-order valence-electron chi connectivity index (χ3n) is 13.3. The van der Waals surface area contributed by atoms with Crippen molar-refractivity contribution in [3.63, 3.8) is 0 Å². The predicted octanol–water partition coefficient (Wildman–Crippen LogP) is 4.41. The topological polar surface area (TPSA) is 319 Å². The van der Waals surface area contributed by atoms with Gasteiger partial charge in [0.15, 0.2) is 0 Å². The molecule has 426 valence electrons. The number of fused-ring (bicyclic) bond motifs is 6. The minimum Gasteiger partial charge on any atom is -0.463 e. The SMILES string of the molecule is CC.CCC(=O)C(CN)CC(=O)C(C)CN.O=C(CN(CC(=O)ON1C(=O)CCC1=O)C(=O)CCNC(=O)OCC1c2ccccc2-c2ccccc21)ON1C(=O)CCC1=O.O=C(CO)OCC1c2ccccc2-c2ccccc21. The molecule has 2 aliphatic carbocycles. The first-order valence-corrected chi connectivity index (χ1v) is 26.4. The highest BCUT2D eigenvalue weighted by Crippen LogP contribution is 2.45. The standard InChI is InChI=1S/C30H28N4O11.C16H14O3.C10H20N2O2.C2H6/c35-23(13-14-31-30(42)43-17-22-20-7-3-1-5-18(20)19-6-2-4-8-21(19)22)32(15-28(40)44-33-24(36)9-10-25(33)37)16-29(41)45-34-26(38)11-12-27(34)39;17-9-16(18)19-10-15-13-7-3-1-5-11(13)12-6-2-4-8-14(12)15;1-3-9(13)8(6-12)4-10(14)7(2)5-11;1-2/h1-8,22H,9-17H2,(H,31,42);1-8,15,17H,9-10H2;7-8H,3-6,11-12H2,1-2H3;1-2H3. The van der Waals surface area contributed by atoms with Gasteiger partial charge in [-0.25, -0.2) is 19.2 Å². The number of nitrogens with zero attached hydrogens (tertiary/aromatic N) is 3. The van der Waals surface area contributed by atoms with E-state index in [2.05, 4.69) is 29.6 Å². The maximum Gasteiger partial charge on any atom is 0.407 e. The van der Waals surface area contributed by atoms with Crippen molar-refractivity contribution in [2.45, 2.75) is 84.5 Å². The van der Waals surface area contributed by atoms with Crippen molar-refractivity contribution in [3.05, 3.63) is 119 Å². The summed E-state index contributed by atoms with van der Waals surface area (Å²) in [6.07, 6.45) is -1.14. The highest BCUT2D eigenvalue weighted by molar-refractivity contribution is 6.02. The van der Waals surface area contributed by atoms with Gasteiger partial charge in [-0.05, 0) is 44.5 Å². The number of hydroxylamine groups is 4. The molecule has 0 bridgehead atoms. The van der Waals surface area contributed by atoms with Crippen LogP contribution in [0.2, 0.25) is 0 Å². The van der Waals surface area contributed by atoms with Gasteiger partial charge in [0, 0.05) is 88.3 Å². The van der Waals surface area contributed by atoms with E-state index >= 15 is 0 Å². The molecule has 2 atom stereocenters. The summed E-state index contributed by atoms with van der Waals surface area (Å²) in [5.41, 5.74) is 19.7. The van der Waals surface area contributed by atoms with Crippen molar-refractivity contribution in [2.75, 3.05) is 52.5 Å². The van der Waals surface area contributed by atoms with Crippen LogP contribution in [0.3, 0.4) is 0 Å². The van der Waals surface area contributed by atoms with Crippen LogP contribution in [0, 0.1) is 11.8 Å². The van der Waals surface area contributed by atoms with Gasteiger partial charge in [-0.2, -0.15) is 0 Å². The molecule has 8 rings (SSSR count). The molecule has 0 aromatic heterocycles. The van der Waals surface area contributed by atoms with E-state index in [1.54, 1.807) is 13.8 Å². The van der Waals surface area contributed by atoms with Gasteiger partial charge >= 0.3 is 24.0 Å². The number of alkyl carbamates (subject to hydrolysis) is 1. The Bertz CT molecular complexity index is 2750. The number of esters is 1. The van der Waals surface area contributed by atoms with E-state index in [1.165, 1.54) is 22.3 Å². The average Bonchev–Trinajstić information content (AvgIpc) is 4.22. The van der Waals surface area contributed by atoms with Gasteiger partial charge in [0.1, 0.15) is 44.5 Å². The van der Waals surface area contributed by atoms with Crippen LogP contribution < -0.4 is 16.8 Å². The Labute approximate surface area is 462 Å². The summed E-state index contributed by atoms with van der Waals surface area (Å²) in [6.45, 7) is 5.83. The third kappa shape index (κ3) is 16.3. The van der Waals surface area contributed by atoms with E-state index < -0.39 is 79.7 Å². The Kier molecular flexibility index (Phi) is 23.9. The number of carbonyl (C=O) groups excluding carboxylic acids is 11. The number of ether oxygens (including phenoxy) is 2. The molecule has 4 aromatic carbocycles. The lowest BCUT2D eigenvalue weighted by atomic mass is 9.91. The van der Waals surface area contributed by atoms with Crippen molar-refractivity contribution >= 4 is 65.1 Å². The molecule has 0 saturated carbocycles. The lowest BCUT2D eigenvalue weighted by Gasteiger charge is -2.23. The minimum absolute atomic E-state index is 0.0322. The number of benzene rings is 4. The molecule has 2 heterocycles. The van der Waals surface area contributed by atoms with Gasteiger partial charge in [0.05, 0.1) is 0 Å². The second kappa shape index (κ2) is 30.6. The van der Waals surface area contributed by atoms with Crippen LogP contribution in [0.15, 0.2) is 97.1 Å². The Morgan fingerprint density at radius 1 is 0.600 bits per heavy atom. The number of ketones is 2. The molecule has 4 aliphatic rings. The maximum atomic E-state index is 13.0. The highest BCUT2D eigenvalue weighted by Gasteiger charge is 2.37. The fourth-order valence-corrected chi connectivity index (χ4v) is 9.05. The number of carbonyl (C=O) groups is 11. The molecular weight excluding hydrogens is 1040 g/mol. The lowest BCUT2D eigenvalue weighted by Crippen LogP contribution is -2.45. The van der Waals surface area contributed by atoms with E-state index in [4.69, 9.17) is 35.7 Å². The Morgan fingerprint density at radius 2 is 0.988 bits per heavy atom. The number of aliphatic hydroxyl groups is 1. The normalized spacial score (nSPS) is 14.5. The van der Waals surface area contributed by atoms with Crippen LogP contribution in [-0.4, -0.2) is 138 Å². The Hall–Kier alpha value is -8.47. The fraction of sp³-hybridized carbons (Fsp3) is 0.397. The van der Waals surface area contributed by atoms with Gasteiger partial charge < -0.3 is 45.9 Å². The smallest absolute Gasteiger partial charge is 0.407 e.